The second kappa shape index (κ2) is 9.03. The van der Waals surface area contributed by atoms with Crippen molar-refractivity contribution < 1.29 is 9.13 Å². The summed E-state index contributed by atoms with van der Waals surface area (Å²) in [4.78, 5) is 21.8. The minimum atomic E-state index is -0.432. The Bertz CT molecular complexity index is 1090. The number of aromatic amines is 1. The first kappa shape index (κ1) is 21.2. The molecule has 2 aliphatic heterocycles. The average Bonchev–Trinajstić information content (AvgIpc) is 3.27. The van der Waals surface area contributed by atoms with Crippen molar-refractivity contribution in [2.24, 2.45) is 0 Å². The minimum absolute atomic E-state index is 0.0958. The zero-order valence-electron chi connectivity index (χ0n) is 18.0. The van der Waals surface area contributed by atoms with Crippen LogP contribution < -0.4 is 9.80 Å². The van der Waals surface area contributed by atoms with Gasteiger partial charge in [-0.3, -0.25) is 0 Å². The van der Waals surface area contributed by atoms with Crippen LogP contribution in [0.25, 0.3) is 11.1 Å². The van der Waals surface area contributed by atoms with Crippen molar-refractivity contribution >= 4 is 23.4 Å². The maximum atomic E-state index is 13.8. The van der Waals surface area contributed by atoms with Crippen molar-refractivity contribution in [1.29, 1.82) is 0 Å². The third-order valence-corrected chi connectivity index (χ3v) is 6.62. The molecule has 0 radical (unpaired) electrons. The molecule has 2 aromatic heterocycles. The highest BCUT2D eigenvalue weighted by Crippen LogP contribution is 2.36. The van der Waals surface area contributed by atoms with Crippen LogP contribution in [0, 0.1) is 12.7 Å². The zero-order chi connectivity index (χ0) is 22.1. The second-order valence-corrected chi connectivity index (χ2v) is 8.72. The smallest absolute Gasteiger partial charge is 0.227 e. The molecule has 2 saturated heterocycles. The Morgan fingerprint density at radius 3 is 2.56 bits per heavy atom. The number of ether oxygens (including phenoxy) is 1. The molecular formula is C23H26ClFN6O. The van der Waals surface area contributed by atoms with E-state index in [9.17, 15) is 4.39 Å². The number of hydrogen-bond acceptors (Lipinski definition) is 6. The van der Waals surface area contributed by atoms with E-state index >= 15 is 0 Å². The van der Waals surface area contributed by atoms with Crippen LogP contribution in [0.1, 0.15) is 30.1 Å². The van der Waals surface area contributed by atoms with E-state index in [1.54, 1.807) is 18.5 Å². The number of rotatable bonds is 4. The molecule has 0 bridgehead atoms. The summed E-state index contributed by atoms with van der Waals surface area (Å²) in [6, 6.07) is 4.77. The second-order valence-electron chi connectivity index (χ2n) is 8.31. The van der Waals surface area contributed by atoms with Crippen molar-refractivity contribution in [3.8, 4) is 11.1 Å². The number of benzene rings is 1. The van der Waals surface area contributed by atoms with Gasteiger partial charge in [-0.25, -0.2) is 14.4 Å². The summed E-state index contributed by atoms with van der Waals surface area (Å²) in [7, 11) is 0. The lowest BCUT2D eigenvalue weighted by Gasteiger charge is -2.34. The Kier molecular flexibility index (Phi) is 5.97. The van der Waals surface area contributed by atoms with E-state index in [1.807, 2.05) is 6.20 Å². The normalized spacial score (nSPS) is 17.7. The summed E-state index contributed by atoms with van der Waals surface area (Å²) >= 11 is 6.08. The van der Waals surface area contributed by atoms with E-state index in [0.717, 1.165) is 67.4 Å². The van der Waals surface area contributed by atoms with Crippen LogP contribution in [-0.4, -0.2) is 59.3 Å². The van der Waals surface area contributed by atoms with E-state index in [0.29, 0.717) is 25.1 Å². The molecule has 0 unspecified atom stereocenters. The fourth-order valence-electron chi connectivity index (χ4n) is 4.53. The number of imidazole rings is 1. The monoisotopic (exact) mass is 456 g/mol. The quantitative estimate of drug-likeness (QED) is 0.634. The highest BCUT2D eigenvalue weighted by molar-refractivity contribution is 6.31. The number of anilines is 2. The SMILES string of the molecule is Cc1[nH]cnc1C1CCN(c2nc(N3CCOCC3)ncc2-c2ccc(F)c(Cl)c2)CC1. The Morgan fingerprint density at radius 2 is 1.88 bits per heavy atom. The molecule has 1 aromatic carbocycles. The molecular weight excluding hydrogens is 431 g/mol. The van der Waals surface area contributed by atoms with Crippen LogP contribution >= 0.6 is 11.6 Å². The third kappa shape index (κ3) is 4.17. The molecule has 2 fully saturated rings. The summed E-state index contributed by atoms with van der Waals surface area (Å²) in [5, 5.41) is 0.0958. The number of nitrogens with zero attached hydrogens (tertiary/aromatic N) is 5. The number of hydrogen-bond donors (Lipinski definition) is 1. The molecule has 0 spiro atoms. The van der Waals surface area contributed by atoms with Crippen LogP contribution in [0.5, 0.6) is 0 Å². The lowest BCUT2D eigenvalue weighted by atomic mass is 9.92. The number of halogens is 2. The maximum absolute atomic E-state index is 13.8. The summed E-state index contributed by atoms with van der Waals surface area (Å²) < 4.78 is 19.3. The highest BCUT2D eigenvalue weighted by Gasteiger charge is 2.27. The predicted octanol–water partition coefficient (Wildman–Crippen LogP) is 4.19. The summed E-state index contributed by atoms with van der Waals surface area (Å²) in [5.41, 5.74) is 3.97. The molecule has 7 nitrogen and oxygen atoms in total. The Balaban J connectivity index is 1.46. The van der Waals surface area contributed by atoms with E-state index in [4.69, 9.17) is 21.3 Å². The fourth-order valence-corrected chi connectivity index (χ4v) is 4.71. The lowest BCUT2D eigenvalue weighted by molar-refractivity contribution is 0.122. The van der Waals surface area contributed by atoms with Gasteiger partial charge in [-0.05, 0) is 37.5 Å². The summed E-state index contributed by atoms with van der Waals surface area (Å²) in [5.74, 6) is 1.56. The van der Waals surface area contributed by atoms with Crippen molar-refractivity contribution in [2.75, 3.05) is 49.2 Å². The highest BCUT2D eigenvalue weighted by atomic mass is 35.5. The summed E-state index contributed by atoms with van der Waals surface area (Å²) in [6.07, 6.45) is 5.59. The molecule has 2 aliphatic rings. The number of nitrogens with one attached hydrogen (secondary N) is 1. The van der Waals surface area contributed by atoms with Gasteiger partial charge in [0, 0.05) is 49.6 Å². The number of H-pyrrole nitrogens is 1. The maximum Gasteiger partial charge on any atom is 0.227 e. The van der Waals surface area contributed by atoms with Crippen molar-refractivity contribution in [1.82, 2.24) is 19.9 Å². The standard InChI is InChI=1S/C23H26ClFN6O/c1-15-21(28-14-27-15)16-4-6-30(7-5-16)22-18(17-2-3-20(25)19(24)12-17)13-26-23(29-22)31-8-10-32-11-9-31/h2-3,12-14,16H,4-11H2,1H3,(H,27,28). The van der Waals surface area contributed by atoms with Crippen LogP contribution in [0.2, 0.25) is 5.02 Å². The lowest BCUT2D eigenvalue weighted by Crippen LogP contribution is -2.38. The van der Waals surface area contributed by atoms with Gasteiger partial charge in [0.25, 0.3) is 0 Å². The topological polar surface area (TPSA) is 70.2 Å². The Morgan fingerprint density at radius 1 is 1.09 bits per heavy atom. The van der Waals surface area contributed by atoms with Gasteiger partial charge in [0.2, 0.25) is 5.95 Å². The van der Waals surface area contributed by atoms with Gasteiger partial charge in [0.1, 0.15) is 11.6 Å². The largest absolute Gasteiger partial charge is 0.378 e. The van der Waals surface area contributed by atoms with E-state index in [-0.39, 0.29) is 5.02 Å². The molecule has 1 N–H and O–H groups in total. The van der Waals surface area contributed by atoms with Gasteiger partial charge in [-0.1, -0.05) is 17.7 Å². The van der Waals surface area contributed by atoms with E-state index in [1.165, 1.54) is 6.07 Å². The van der Waals surface area contributed by atoms with Crippen LogP contribution in [-0.2, 0) is 4.74 Å². The number of aryl methyl sites for hydroxylation is 1. The first-order valence-corrected chi connectivity index (χ1v) is 11.4. The van der Waals surface area contributed by atoms with Crippen LogP contribution in [0.3, 0.4) is 0 Å². The van der Waals surface area contributed by atoms with Gasteiger partial charge in [-0.2, -0.15) is 4.98 Å². The van der Waals surface area contributed by atoms with E-state index < -0.39 is 5.82 Å². The predicted molar refractivity (Wildman–Crippen MR) is 123 cm³/mol. The Hall–Kier alpha value is -2.71. The molecule has 5 rings (SSSR count). The number of aromatic nitrogens is 4. The van der Waals surface area contributed by atoms with Crippen LogP contribution in [0.15, 0.2) is 30.7 Å². The van der Waals surface area contributed by atoms with Crippen molar-refractivity contribution in [3.05, 3.63) is 53.0 Å². The molecule has 4 heterocycles. The molecule has 32 heavy (non-hydrogen) atoms. The molecule has 9 heteroatoms. The minimum Gasteiger partial charge on any atom is -0.378 e. The van der Waals surface area contributed by atoms with Crippen molar-refractivity contribution in [2.45, 2.75) is 25.7 Å². The van der Waals surface area contributed by atoms with Crippen LogP contribution in [0.4, 0.5) is 16.2 Å². The molecule has 0 saturated carbocycles. The van der Waals surface area contributed by atoms with Gasteiger partial charge < -0.3 is 19.5 Å². The Labute approximate surface area is 191 Å². The molecule has 0 aliphatic carbocycles. The van der Waals surface area contributed by atoms with Gasteiger partial charge in [0.05, 0.1) is 30.3 Å². The molecule has 0 amide bonds. The third-order valence-electron chi connectivity index (χ3n) is 6.33. The fraction of sp³-hybridized carbons (Fsp3) is 0.435. The van der Waals surface area contributed by atoms with Gasteiger partial charge in [0.15, 0.2) is 0 Å². The molecule has 3 aromatic rings. The van der Waals surface area contributed by atoms with Gasteiger partial charge in [-0.15, -0.1) is 0 Å². The van der Waals surface area contributed by atoms with Gasteiger partial charge >= 0.3 is 0 Å². The van der Waals surface area contributed by atoms with E-state index in [2.05, 4.69) is 31.7 Å². The first-order chi connectivity index (χ1) is 15.6. The first-order valence-electron chi connectivity index (χ1n) is 11.0. The molecule has 168 valence electrons. The molecule has 0 atom stereocenters. The summed E-state index contributed by atoms with van der Waals surface area (Å²) in [6.45, 7) is 6.66. The number of morpholine rings is 1. The zero-order valence-corrected chi connectivity index (χ0v) is 18.8. The average molecular weight is 457 g/mol. The van der Waals surface area contributed by atoms with Crippen molar-refractivity contribution in [3.63, 3.8) is 0 Å². The number of piperidine rings is 1.